The molecule has 0 bridgehead atoms. The predicted octanol–water partition coefficient (Wildman–Crippen LogP) is 8.01. The van der Waals surface area contributed by atoms with Gasteiger partial charge in [-0.25, -0.2) is 0 Å². The molecule has 180 valence electrons. The molecule has 0 radical (unpaired) electrons. The van der Waals surface area contributed by atoms with E-state index in [1.54, 1.807) is 0 Å². The number of nitrogen functional groups attached to an aromatic ring is 2. The summed E-state index contributed by atoms with van der Waals surface area (Å²) < 4.78 is 85.9. The Morgan fingerprint density at radius 3 is 1.23 bits per heavy atom. The molecule has 0 saturated carbocycles. The van der Waals surface area contributed by atoms with Crippen LogP contribution in [0.1, 0.15) is 11.1 Å². The molecule has 0 aliphatic heterocycles. The number of ether oxygens (including phenoxy) is 1. The van der Waals surface area contributed by atoms with Gasteiger partial charge in [0.05, 0.1) is 22.5 Å². The number of alkyl halides is 6. The lowest BCUT2D eigenvalue weighted by atomic mass is 9.98. The number of halogens is 6. The Kier molecular flexibility index (Phi) is 6.10. The molecular weight excluding hydrogens is 470 g/mol. The van der Waals surface area contributed by atoms with Crippen LogP contribution in [0.2, 0.25) is 0 Å². The van der Waals surface area contributed by atoms with Gasteiger partial charge in [0.2, 0.25) is 0 Å². The Morgan fingerprint density at radius 2 is 0.886 bits per heavy atom. The first kappa shape index (κ1) is 24.0. The van der Waals surface area contributed by atoms with Crippen LogP contribution in [0.3, 0.4) is 0 Å². The monoisotopic (exact) mass is 488 g/mol. The zero-order valence-corrected chi connectivity index (χ0v) is 17.9. The van der Waals surface area contributed by atoms with Gasteiger partial charge in [-0.1, -0.05) is 48.5 Å². The molecule has 4 aromatic carbocycles. The standard InChI is InChI=1S/C26H18F6N2O/c27-25(28,29)19-7-3-1-5-17(19)15-9-11-23(21(33)13-15)35-24-12-10-16(14-22(24)34)18-6-2-4-8-20(18)26(30,31)32/h1-14H,33-34H2. The van der Waals surface area contributed by atoms with Crippen molar-refractivity contribution < 1.29 is 31.1 Å². The summed E-state index contributed by atoms with van der Waals surface area (Å²) in [6, 6.07) is 18.6. The van der Waals surface area contributed by atoms with E-state index in [1.165, 1.54) is 72.8 Å². The molecule has 4 aromatic rings. The van der Waals surface area contributed by atoms with Crippen molar-refractivity contribution in [3.8, 4) is 33.8 Å². The third-order valence-electron chi connectivity index (χ3n) is 5.33. The van der Waals surface area contributed by atoms with E-state index in [1.807, 2.05) is 0 Å². The minimum absolute atomic E-state index is 0.0366. The van der Waals surface area contributed by atoms with Crippen molar-refractivity contribution in [1.29, 1.82) is 0 Å². The number of rotatable bonds is 4. The van der Waals surface area contributed by atoms with Gasteiger partial charge in [0, 0.05) is 0 Å². The molecule has 0 aliphatic carbocycles. The minimum Gasteiger partial charge on any atom is -0.453 e. The third-order valence-corrected chi connectivity index (χ3v) is 5.33. The van der Waals surface area contributed by atoms with Crippen molar-refractivity contribution in [2.45, 2.75) is 12.4 Å². The number of hydrogen-bond donors (Lipinski definition) is 2. The van der Waals surface area contributed by atoms with Gasteiger partial charge < -0.3 is 16.2 Å². The Hall–Kier alpha value is -4.14. The van der Waals surface area contributed by atoms with Gasteiger partial charge in [-0.3, -0.25) is 0 Å². The SMILES string of the molecule is Nc1cc(-c2ccccc2C(F)(F)F)ccc1Oc1ccc(-c2ccccc2C(F)(F)F)cc1N. The van der Waals surface area contributed by atoms with Gasteiger partial charge in [-0.15, -0.1) is 0 Å². The molecule has 35 heavy (non-hydrogen) atoms. The first-order chi connectivity index (χ1) is 16.4. The lowest BCUT2D eigenvalue weighted by molar-refractivity contribution is -0.137. The van der Waals surface area contributed by atoms with E-state index in [4.69, 9.17) is 16.2 Å². The van der Waals surface area contributed by atoms with Gasteiger partial charge in [-0.05, 0) is 58.7 Å². The Bertz CT molecular complexity index is 1270. The number of hydrogen-bond acceptors (Lipinski definition) is 3. The minimum atomic E-state index is -4.54. The maximum absolute atomic E-state index is 13.4. The third kappa shape index (κ3) is 5.03. The van der Waals surface area contributed by atoms with E-state index in [0.29, 0.717) is 0 Å². The molecule has 3 nitrogen and oxygen atoms in total. The van der Waals surface area contributed by atoms with Crippen LogP contribution in [0.4, 0.5) is 37.7 Å². The quantitative estimate of drug-likeness (QED) is 0.226. The normalized spacial score (nSPS) is 11.9. The smallest absolute Gasteiger partial charge is 0.417 e. The van der Waals surface area contributed by atoms with E-state index in [9.17, 15) is 26.3 Å². The lowest BCUT2D eigenvalue weighted by Gasteiger charge is -2.16. The fourth-order valence-corrected chi connectivity index (χ4v) is 3.70. The molecule has 0 unspecified atom stereocenters. The van der Waals surface area contributed by atoms with Crippen molar-refractivity contribution in [3.05, 3.63) is 96.1 Å². The van der Waals surface area contributed by atoms with Crippen LogP contribution in [0.25, 0.3) is 22.3 Å². The fraction of sp³-hybridized carbons (Fsp3) is 0.0769. The van der Waals surface area contributed by atoms with Crippen LogP contribution in [0.5, 0.6) is 11.5 Å². The maximum Gasteiger partial charge on any atom is 0.417 e. The van der Waals surface area contributed by atoms with Gasteiger partial charge >= 0.3 is 12.4 Å². The second-order valence-corrected chi connectivity index (χ2v) is 7.69. The summed E-state index contributed by atoms with van der Waals surface area (Å²) in [5.74, 6) is 0.266. The van der Waals surface area contributed by atoms with E-state index < -0.39 is 23.5 Å². The summed E-state index contributed by atoms with van der Waals surface area (Å²) >= 11 is 0. The molecule has 9 heteroatoms. The fourth-order valence-electron chi connectivity index (χ4n) is 3.70. The Labute approximate surface area is 196 Å². The zero-order chi connectivity index (χ0) is 25.4. The molecule has 0 heterocycles. The molecule has 0 fully saturated rings. The number of nitrogens with two attached hydrogens (primary N) is 2. The lowest BCUT2D eigenvalue weighted by Crippen LogP contribution is -2.07. The number of benzene rings is 4. The van der Waals surface area contributed by atoms with Gasteiger partial charge in [-0.2, -0.15) is 26.3 Å². The van der Waals surface area contributed by atoms with Crippen molar-refractivity contribution in [2.24, 2.45) is 0 Å². The summed E-state index contributed by atoms with van der Waals surface area (Å²) in [5.41, 5.74) is 11.0. The molecule has 0 aliphatic rings. The summed E-state index contributed by atoms with van der Waals surface area (Å²) in [6.45, 7) is 0. The highest BCUT2D eigenvalue weighted by molar-refractivity contribution is 5.76. The van der Waals surface area contributed by atoms with Crippen molar-refractivity contribution in [2.75, 3.05) is 11.5 Å². The largest absolute Gasteiger partial charge is 0.453 e. The highest BCUT2D eigenvalue weighted by Gasteiger charge is 2.34. The zero-order valence-electron chi connectivity index (χ0n) is 17.9. The second-order valence-electron chi connectivity index (χ2n) is 7.69. The Morgan fingerprint density at radius 1 is 0.514 bits per heavy atom. The molecule has 0 amide bonds. The molecule has 0 spiro atoms. The van der Waals surface area contributed by atoms with Crippen LogP contribution in [-0.4, -0.2) is 0 Å². The van der Waals surface area contributed by atoms with E-state index >= 15 is 0 Å². The van der Waals surface area contributed by atoms with Gasteiger partial charge in [0.1, 0.15) is 11.5 Å². The highest BCUT2D eigenvalue weighted by atomic mass is 19.4. The van der Waals surface area contributed by atoms with Crippen LogP contribution in [0, 0.1) is 0 Å². The molecule has 0 aromatic heterocycles. The molecule has 4 rings (SSSR count). The second kappa shape index (κ2) is 8.90. The topological polar surface area (TPSA) is 61.3 Å². The molecule has 4 N–H and O–H groups in total. The van der Waals surface area contributed by atoms with Crippen molar-refractivity contribution in [3.63, 3.8) is 0 Å². The summed E-state index contributed by atoms with van der Waals surface area (Å²) in [4.78, 5) is 0. The van der Waals surface area contributed by atoms with E-state index in [2.05, 4.69) is 0 Å². The summed E-state index contributed by atoms with van der Waals surface area (Å²) in [7, 11) is 0. The van der Waals surface area contributed by atoms with E-state index in [-0.39, 0.29) is 45.1 Å². The average Bonchev–Trinajstić information content (AvgIpc) is 2.80. The Balaban J connectivity index is 1.64. The number of anilines is 2. The highest BCUT2D eigenvalue weighted by Crippen LogP contribution is 2.41. The predicted molar refractivity (Wildman–Crippen MR) is 123 cm³/mol. The summed E-state index contributed by atoms with van der Waals surface area (Å²) in [6.07, 6.45) is -9.08. The first-order valence-corrected chi connectivity index (χ1v) is 10.3. The van der Waals surface area contributed by atoms with Crippen LogP contribution < -0.4 is 16.2 Å². The van der Waals surface area contributed by atoms with Crippen LogP contribution in [-0.2, 0) is 12.4 Å². The maximum atomic E-state index is 13.4. The summed E-state index contributed by atoms with van der Waals surface area (Å²) in [5, 5.41) is 0. The van der Waals surface area contributed by atoms with Gasteiger partial charge in [0.25, 0.3) is 0 Å². The first-order valence-electron chi connectivity index (χ1n) is 10.3. The van der Waals surface area contributed by atoms with Crippen molar-refractivity contribution in [1.82, 2.24) is 0 Å². The van der Waals surface area contributed by atoms with Crippen LogP contribution >= 0.6 is 0 Å². The van der Waals surface area contributed by atoms with Crippen LogP contribution in [0.15, 0.2) is 84.9 Å². The van der Waals surface area contributed by atoms with Crippen molar-refractivity contribution >= 4 is 11.4 Å². The van der Waals surface area contributed by atoms with E-state index in [0.717, 1.165) is 12.1 Å². The molecule has 0 atom stereocenters. The average molecular weight is 488 g/mol. The molecular formula is C26H18F6N2O. The molecule has 0 saturated heterocycles. The van der Waals surface area contributed by atoms with Gasteiger partial charge in [0.15, 0.2) is 0 Å².